The van der Waals surface area contributed by atoms with Crippen molar-refractivity contribution in [1.29, 1.82) is 0 Å². The van der Waals surface area contributed by atoms with E-state index in [0.717, 1.165) is 6.54 Å². The minimum absolute atomic E-state index is 0.608. The molecule has 0 heterocycles. The van der Waals surface area contributed by atoms with Gasteiger partial charge in [-0.05, 0) is 13.0 Å². The van der Waals surface area contributed by atoms with Crippen LogP contribution in [0, 0.1) is 0 Å². The number of nitrogens with two attached hydrogens (primary N) is 1. The van der Waals surface area contributed by atoms with Crippen molar-refractivity contribution in [3.63, 3.8) is 0 Å². The minimum Gasteiger partial charge on any atom is -0.318 e. The summed E-state index contributed by atoms with van der Waals surface area (Å²) in [6, 6.07) is 0. The average molecular weight is 214 g/mol. The number of alkyl halides is 1. The van der Waals surface area contributed by atoms with Crippen LogP contribution in [0.5, 0.6) is 0 Å². The molecule has 7 heavy (non-hydrogen) atoms. The van der Waals surface area contributed by atoms with E-state index >= 15 is 0 Å². The Kier molecular flexibility index (Phi) is 7.27. The zero-order valence-electron chi connectivity index (χ0n) is 4.28. The molecule has 0 bridgehead atoms. The summed E-state index contributed by atoms with van der Waals surface area (Å²) in [5.41, 5.74) is 5.16. The maximum atomic E-state index is 5.16. The number of nitrogens with one attached hydrogen (secondary N) is 1. The van der Waals surface area contributed by atoms with Crippen LogP contribution in [0.15, 0.2) is 0 Å². The first-order valence-electron chi connectivity index (χ1n) is 2.38. The van der Waals surface area contributed by atoms with E-state index in [9.17, 15) is 0 Å². The molecule has 0 amide bonds. The van der Waals surface area contributed by atoms with Crippen LogP contribution in [0.1, 0.15) is 6.42 Å². The molecule has 0 aromatic carbocycles. The largest absolute Gasteiger partial charge is 0.318 e. The molecule has 3 heteroatoms. The molecule has 0 unspecified atom stereocenters. The molecule has 2 nitrogen and oxygen atoms in total. The summed E-state index contributed by atoms with van der Waals surface area (Å²) >= 11 is 2.35. The Balaban J connectivity index is 2.45. The number of hydrogen-bond acceptors (Lipinski definition) is 2. The van der Waals surface area contributed by atoms with Crippen molar-refractivity contribution < 1.29 is 0 Å². The Morgan fingerprint density at radius 1 is 1.57 bits per heavy atom. The van der Waals surface area contributed by atoms with Gasteiger partial charge in [-0.25, -0.2) is 0 Å². The van der Waals surface area contributed by atoms with Crippen LogP contribution >= 0.6 is 22.6 Å². The van der Waals surface area contributed by atoms with Crippen LogP contribution in [-0.2, 0) is 0 Å². The van der Waals surface area contributed by atoms with E-state index in [1.165, 1.54) is 10.8 Å². The van der Waals surface area contributed by atoms with Gasteiger partial charge >= 0.3 is 0 Å². The van der Waals surface area contributed by atoms with Crippen LogP contribution < -0.4 is 11.1 Å². The highest BCUT2D eigenvalue weighted by Gasteiger charge is 1.78. The van der Waals surface area contributed by atoms with Crippen molar-refractivity contribution in [2.24, 2.45) is 5.73 Å². The normalized spacial score (nSPS) is 9.43. The van der Waals surface area contributed by atoms with Crippen LogP contribution in [0.2, 0.25) is 0 Å². The second-order valence-corrected chi connectivity index (χ2v) is 2.33. The fraction of sp³-hybridized carbons (Fsp3) is 1.00. The summed E-state index contributed by atoms with van der Waals surface area (Å²) in [4.78, 5) is 0. The third kappa shape index (κ3) is 6.65. The highest BCUT2D eigenvalue weighted by molar-refractivity contribution is 14.1. The van der Waals surface area contributed by atoms with E-state index < -0.39 is 0 Å². The Hall–Kier alpha value is 0.650. The molecule has 0 atom stereocenters. The number of halogens is 1. The molecular formula is C4H11IN2. The van der Waals surface area contributed by atoms with Crippen LogP contribution in [0.3, 0.4) is 0 Å². The van der Waals surface area contributed by atoms with Crippen LogP contribution in [-0.4, -0.2) is 17.6 Å². The van der Waals surface area contributed by atoms with Gasteiger partial charge in [0.05, 0.1) is 0 Å². The zero-order valence-corrected chi connectivity index (χ0v) is 6.44. The van der Waals surface area contributed by atoms with E-state index in [1.54, 1.807) is 0 Å². The van der Waals surface area contributed by atoms with Crippen molar-refractivity contribution in [1.82, 2.24) is 5.32 Å². The van der Waals surface area contributed by atoms with Crippen molar-refractivity contribution in [2.45, 2.75) is 6.42 Å². The van der Waals surface area contributed by atoms with Gasteiger partial charge in [0.2, 0.25) is 0 Å². The van der Waals surface area contributed by atoms with Gasteiger partial charge in [0.25, 0.3) is 0 Å². The molecule has 0 aromatic heterocycles. The maximum absolute atomic E-state index is 5.16. The second-order valence-electron chi connectivity index (χ2n) is 1.25. The smallest absolute Gasteiger partial charge is 0.0428 e. The van der Waals surface area contributed by atoms with Crippen LogP contribution in [0.4, 0.5) is 0 Å². The molecule has 0 saturated heterocycles. The Bertz CT molecular complexity index is 28.9. The fourth-order valence-corrected chi connectivity index (χ4v) is 0.675. The monoisotopic (exact) mass is 214 g/mol. The van der Waals surface area contributed by atoms with E-state index in [2.05, 4.69) is 27.9 Å². The van der Waals surface area contributed by atoms with Crippen LogP contribution in [0.25, 0.3) is 0 Å². The summed E-state index contributed by atoms with van der Waals surface area (Å²) in [7, 11) is 0. The fourth-order valence-electron chi connectivity index (χ4n) is 0.294. The quantitative estimate of drug-likeness (QED) is 0.306. The highest BCUT2D eigenvalue weighted by atomic mass is 127. The Labute approximate surface area is 58.0 Å². The van der Waals surface area contributed by atoms with Gasteiger partial charge in [-0.1, -0.05) is 22.6 Å². The summed E-state index contributed by atoms with van der Waals surface area (Å²) in [5.74, 6) is 0. The third-order valence-corrected chi connectivity index (χ3v) is 1.39. The van der Waals surface area contributed by atoms with Gasteiger partial charge < -0.3 is 11.1 Å². The molecule has 0 saturated carbocycles. The number of hydrogen-bond donors (Lipinski definition) is 2. The lowest BCUT2D eigenvalue weighted by atomic mass is 10.5. The molecule has 0 aliphatic carbocycles. The van der Waals surface area contributed by atoms with Gasteiger partial charge in [-0.15, -0.1) is 0 Å². The predicted octanol–water partition coefficient (Wildman–Crippen LogP) is 0.317. The van der Waals surface area contributed by atoms with Gasteiger partial charge in [-0.3, -0.25) is 0 Å². The Morgan fingerprint density at radius 2 is 2.29 bits per heavy atom. The molecule has 0 aliphatic heterocycles. The van der Waals surface area contributed by atoms with E-state index in [4.69, 9.17) is 5.73 Å². The van der Waals surface area contributed by atoms with E-state index in [1.807, 2.05) is 0 Å². The lowest BCUT2D eigenvalue weighted by molar-refractivity contribution is 0.695. The first-order chi connectivity index (χ1) is 3.41. The first kappa shape index (κ1) is 7.65. The summed E-state index contributed by atoms with van der Waals surface area (Å²) in [6.07, 6.45) is 1.22. The van der Waals surface area contributed by atoms with Crippen molar-refractivity contribution in [2.75, 3.05) is 17.6 Å². The van der Waals surface area contributed by atoms with Gasteiger partial charge in [0.15, 0.2) is 0 Å². The first-order valence-corrected chi connectivity index (χ1v) is 3.91. The lowest BCUT2D eigenvalue weighted by Crippen LogP contribution is -2.23. The third-order valence-electron chi connectivity index (χ3n) is 0.632. The molecule has 44 valence electrons. The second kappa shape index (κ2) is 6.65. The molecule has 0 spiro atoms. The average Bonchev–Trinajstić information content (AvgIpc) is 1.69. The number of rotatable bonds is 4. The van der Waals surface area contributed by atoms with Crippen molar-refractivity contribution >= 4 is 22.6 Å². The molecular weight excluding hydrogens is 203 g/mol. The highest BCUT2D eigenvalue weighted by Crippen LogP contribution is 1.83. The Morgan fingerprint density at radius 3 is 2.71 bits per heavy atom. The molecule has 0 aliphatic rings. The van der Waals surface area contributed by atoms with Gasteiger partial charge in [-0.2, -0.15) is 0 Å². The summed E-state index contributed by atoms with van der Waals surface area (Å²) in [6.45, 7) is 1.66. The molecule has 3 N–H and O–H groups in total. The standard InChI is InChI=1S/C4H11IN2/c5-2-1-3-7-4-6/h7H,1-4,6H2. The van der Waals surface area contributed by atoms with Gasteiger partial charge in [0, 0.05) is 11.1 Å². The van der Waals surface area contributed by atoms with E-state index in [-0.39, 0.29) is 0 Å². The molecule has 0 fully saturated rings. The predicted molar refractivity (Wildman–Crippen MR) is 40.6 cm³/mol. The summed E-state index contributed by atoms with van der Waals surface area (Å²) in [5, 5.41) is 3.02. The lowest BCUT2D eigenvalue weighted by Gasteiger charge is -1.94. The minimum atomic E-state index is 0.608. The zero-order chi connectivity index (χ0) is 5.54. The SMILES string of the molecule is NCNCCCI. The topological polar surface area (TPSA) is 38.0 Å². The van der Waals surface area contributed by atoms with E-state index in [0.29, 0.717) is 6.67 Å². The van der Waals surface area contributed by atoms with Crippen molar-refractivity contribution in [3.8, 4) is 0 Å². The maximum Gasteiger partial charge on any atom is 0.0428 e. The molecule has 0 aromatic rings. The summed E-state index contributed by atoms with van der Waals surface area (Å²) < 4.78 is 1.21. The van der Waals surface area contributed by atoms with Gasteiger partial charge in [0.1, 0.15) is 0 Å². The van der Waals surface area contributed by atoms with Crippen molar-refractivity contribution in [3.05, 3.63) is 0 Å². The molecule has 0 rings (SSSR count). The molecule has 0 radical (unpaired) electrons.